The van der Waals surface area contributed by atoms with Gasteiger partial charge in [-0.1, -0.05) is 12.1 Å². The Hall–Kier alpha value is -2.28. The molecule has 0 saturated heterocycles. The standard InChI is InChI=1S/C17H29N5O2/c1-12(2)20-17(23)22-15-8-6-14(7-9-15)10-19-16(18-4)21-13(3)11-24-5/h6-9,12-13H,10-11H2,1-5H3,(H2,18,19,21)(H2,20,22,23). The molecule has 0 heterocycles. The van der Waals surface area contributed by atoms with Gasteiger partial charge >= 0.3 is 6.03 Å². The van der Waals surface area contributed by atoms with Crippen molar-refractivity contribution in [3.63, 3.8) is 0 Å². The molecule has 0 fully saturated rings. The highest BCUT2D eigenvalue weighted by molar-refractivity contribution is 5.89. The molecule has 0 aliphatic carbocycles. The molecule has 7 heteroatoms. The number of hydrogen-bond donors (Lipinski definition) is 4. The smallest absolute Gasteiger partial charge is 0.319 e. The highest BCUT2D eigenvalue weighted by atomic mass is 16.5. The number of amides is 2. The predicted octanol–water partition coefficient (Wildman–Crippen LogP) is 1.92. The molecule has 0 aliphatic rings. The lowest BCUT2D eigenvalue weighted by Crippen LogP contribution is -2.43. The van der Waals surface area contributed by atoms with Gasteiger partial charge < -0.3 is 26.0 Å². The third-order valence-corrected chi connectivity index (χ3v) is 3.11. The molecule has 0 radical (unpaired) electrons. The van der Waals surface area contributed by atoms with Gasteiger partial charge in [0.1, 0.15) is 0 Å². The van der Waals surface area contributed by atoms with Crippen molar-refractivity contribution in [3.05, 3.63) is 29.8 Å². The predicted molar refractivity (Wildman–Crippen MR) is 98.4 cm³/mol. The molecule has 2 amide bonds. The van der Waals surface area contributed by atoms with Crippen LogP contribution < -0.4 is 21.3 Å². The monoisotopic (exact) mass is 335 g/mol. The Balaban J connectivity index is 2.47. The van der Waals surface area contributed by atoms with Crippen molar-refractivity contribution < 1.29 is 9.53 Å². The molecule has 1 atom stereocenters. The summed E-state index contributed by atoms with van der Waals surface area (Å²) in [4.78, 5) is 15.8. The van der Waals surface area contributed by atoms with Gasteiger partial charge in [0.05, 0.1) is 6.61 Å². The SMILES string of the molecule is CN=C(NCc1ccc(NC(=O)NC(C)C)cc1)NC(C)COC. The molecular weight excluding hydrogens is 306 g/mol. The Bertz CT molecular complexity index is 528. The summed E-state index contributed by atoms with van der Waals surface area (Å²) in [6, 6.07) is 7.75. The number of nitrogens with one attached hydrogen (secondary N) is 4. The van der Waals surface area contributed by atoms with Crippen molar-refractivity contribution in [2.45, 2.75) is 39.4 Å². The first-order chi connectivity index (χ1) is 11.4. The van der Waals surface area contributed by atoms with Crippen LogP contribution in [-0.4, -0.2) is 44.8 Å². The van der Waals surface area contributed by atoms with Crippen LogP contribution >= 0.6 is 0 Å². The molecule has 24 heavy (non-hydrogen) atoms. The zero-order chi connectivity index (χ0) is 17.9. The number of urea groups is 1. The van der Waals surface area contributed by atoms with Crippen LogP contribution in [0.3, 0.4) is 0 Å². The second kappa shape index (κ2) is 10.5. The van der Waals surface area contributed by atoms with E-state index in [1.54, 1.807) is 14.2 Å². The van der Waals surface area contributed by atoms with Gasteiger partial charge in [-0.05, 0) is 38.5 Å². The lowest BCUT2D eigenvalue weighted by atomic mass is 10.2. The minimum atomic E-state index is -0.201. The largest absolute Gasteiger partial charge is 0.383 e. The van der Waals surface area contributed by atoms with Gasteiger partial charge in [-0.2, -0.15) is 0 Å². The molecule has 0 bridgehead atoms. The van der Waals surface area contributed by atoms with E-state index < -0.39 is 0 Å². The van der Waals surface area contributed by atoms with Gasteiger partial charge in [0.25, 0.3) is 0 Å². The van der Waals surface area contributed by atoms with Crippen LogP contribution in [-0.2, 0) is 11.3 Å². The number of guanidine groups is 1. The zero-order valence-electron chi connectivity index (χ0n) is 15.1. The van der Waals surface area contributed by atoms with Crippen LogP contribution in [0.25, 0.3) is 0 Å². The van der Waals surface area contributed by atoms with E-state index in [0.29, 0.717) is 13.2 Å². The first-order valence-electron chi connectivity index (χ1n) is 8.07. The number of ether oxygens (including phenoxy) is 1. The summed E-state index contributed by atoms with van der Waals surface area (Å²) in [6.07, 6.45) is 0. The van der Waals surface area contributed by atoms with E-state index in [4.69, 9.17) is 4.74 Å². The van der Waals surface area contributed by atoms with Gasteiger partial charge in [0.15, 0.2) is 5.96 Å². The summed E-state index contributed by atoms with van der Waals surface area (Å²) in [5.74, 6) is 0.720. The fraction of sp³-hybridized carbons (Fsp3) is 0.529. The third-order valence-electron chi connectivity index (χ3n) is 3.11. The van der Waals surface area contributed by atoms with Crippen molar-refractivity contribution in [1.29, 1.82) is 0 Å². The zero-order valence-corrected chi connectivity index (χ0v) is 15.1. The second-order valence-corrected chi connectivity index (χ2v) is 5.88. The maximum atomic E-state index is 11.6. The number of nitrogens with zero attached hydrogens (tertiary/aromatic N) is 1. The molecule has 0 aromatic heterocycles. The third kappa shape index (κ3) is 7.82. The highest BCUT2D eigenvalue weighted by Crippen LogP contribution is 2.09. The molecular formula is C17H29N5O2. The average Bonchev–Trinajstić information content (AvgIpc) is 2.52. The molecule has 1 rings (SSSR count). The summed E-state index contributed by atoms with van der Waals surface area (Å²) >= 11 is 0. The summed E-state index contributed by atoms with van der Waals surface area (Å²) in [5.41, 5.74) is 1.85. The normalized spacial score (nSPS) is 12.7. The van der Waals surface area contributed by atoms with Crippen molar-refractivity contribution in [2.75, 3.05) is 26.1 Å². The Kier molecular flexibility index (Phi) is 8.64. The molecule has 1 aromatic rings. The van der Waals surface area contributed by atoms with E-state index in [1.807, 2.05) is 45.0 Å². The molecule has 134 valence electrons. The molecule has 4 N–H and O–H groups in total. The number of carbonyl (C=O) groups excluding carboxylic acids is 1. The summed E-state index contributed by atoms with van der Waals surface area (Å²) in [7, 11) is 3.40. The molecule has 0 spiro atoms. The Morgan fingerprint density at radius 3 is 2.38 bits per heavy atom. The summed E-state index contributed by atoms with van der Waals surface area (Å²) in [6.45, 7) is 7.11. The number of anilines is 1. The molecule has 1 unspecified atom stereocenters. The first kappa shape index (κ1) is 19.8. The molecule has 0 aliphatic heterocycles. The van der Waals surface area contributed by atoms with E-state index in [-0.39, 0.29) is 18.1 Å². The van der Waals surface area contributed by atoms with Crippen LogP contribution in [0.2, 0.25) is 0 Å². The van der Waals surface area contributed by atoms with E-state index >= 15 is 0 Å². The van der Waals surface area contributed by atoms with Gasteiger partial charge in [0.2, 0.25) is 0 Å². The van der Waals surface area contributed by atoms with Crippen LogP contribution in [0.15, 0.2) is 29.3 Å². The quantitative estimate of drug-likeness (QED) is 0.453. The van der Waals surface area contributed by atoms with Crippen molar-refractivity contribution >= 4 is 17.7 Å². The number of aliphatic imine (C=N–C) groups is 1. The van der Waals surface area contributed by atoms with Gasteiger partial charge in [-0.15, -0.1) is 0 Å². The second-order valence-electron chi connectivity index (χ2n) is 5.88. The molecule has 1 aromatic carbocycles. The summed E-state index contributed by atoms with van der Waals surface area (Å²) in [5, 5.41) is 12.1. The van der Waals surface area contributed by atoms with Crippen molar-refractivity contribution in [1.82, 2.24) is 16.0 Å². The maximum Gasteiger partial charge on any atom is 0.319 e. The number of methoxy groups -OCH3 is 1. The molecule has 7 nitrogen and oxygen atoms in total. The molecule has 0 saturated carbocycles. The van der Waals surface area contributed by atoms with Crippen molar-refractivity contribution in [3.8, 4) is 0 Å². The van der Waals surface area contributed by atoms with Gasteiger partial charge in [0, 0.05) is 38.5 Å². The van der Waals surface area contributed by atoms with Crippen LogP contribution in [0.1, 0.15) is 26.3 Å². The fourth-order valence-electron chi connectivity index (χ4n) is 2.04. The average molecular weight is 335 g/mol. The van der Waals surface area contributed by atoms with Crippen LogP contribution in [0.4, 0.5) is 10.5 Å². The van der Waals surface area contributed by atoms with E-state index in [1.165, 1.54) is 0 Å². The number of carbonyl (C=O) groups is 1. The van der Waals surface area contributed by atoms with E-state index in [2.05, 4.69) is 26.3 Å². The highest BCUT2D eigenvalue weighted by Gasteiger charge is 2.05. The number of benzene rings is 1. The lowest BCUT2D eigenvalue weighted by Gasteiger charge is -2.17. The van der Waals surface area contributed by atoms with Gasteiger partial charge in [-0.3, -0.25) is 4.99 Å². The minimum absolute atomic E-state index is 0.105. The fourth-order valence-corrected chi connectivity index (χ4v) is 2.04. The minimum Gasteiger partial charge on any atom is -0.383 e. The number of hydrogen-bond acceptors (Lipinski definition) is 3. The van der Waals surface area contributed by atoms with Crippen molar-refractivity contribution in [2.24, 2.45) is 4.99 Å². The lowest BCUT2D eigenvalue weighted by molar-refractivity contribution is 0.179. The van der Waals surface area contributed by atoms with E-state index in [0.717, 1.165) is 17.2 Å². The first-order valence-corrected chi connectivity index (χ1v) is 8.07. The number of rotatable bonds is 7. The summed E-state index contributed by atoms with van der Waals surface area (Å²) < 4.78 is 5.10. The maximum absolute atomic E-state index is 11.6. The van der Waals surface area contributed by atoms with Crippen LogP contribution in [0.5, 0.6) is 0 Å². The Morgan fingerprint density at radius 1 is 1.17 bits per heavy atom. The topological polar surface area (TPSA) is 86.8 Å². The van der Waals surface area contributed by atoms with E-state index in [9.17, 15) is 4.79 Å². The Labute approximate surface area is 144 Å². The van der Waals surface area contributed by atoms with Crippen LogP contribution in [0, 0.1) is 0 Å². The van der Waals surface area contributed by atoms with Gasteiger partial charge in [-0.25, -0.2) is 4.79 Å². The Morgan fingerprint density at radius 2 is 1.83 bits per heavy atom.